The van der Waals surface area contributed by atoms with Crippen LogP contribution in [0.15, 0.2) is 48.5 Å². The molecule has 112 valence electrons. The van der Waals surface area contributed by atoms with Gasteiger partial charge < -0.3 is 10.6 Å². The van der Waals surface area contributed by atoms with E-state index in [0.717, 1.165) is 11.3 Å². The van der Waals surface area contributed by atoms with Crippen molar-refractivity contribution in [3.05, 3.63) is 65.2 Å². The van der Waals surface area contributed by atoms with Crippen molar-refractivity contribution in [3.63, 3.8) is 0 Å². The van der Waals surface area contributed by atoms with Gasteiger partial charge in [-0.05, 0) is 30.2 Å². The zero-order chi connectivity index (χ0) is 15.4. The lowest BCUT2D eigenvalue weighted by molar-refractivity contribution is 0.151. The van der Waals surface area contributed by atoms with Crippen molar-refractivity contribution in [1.82, 2.24) is 0 Å². The van der Waals surface area contributed by atoms with E-state index >= 15 is 0 Å². The summed E-state index contributed by atoms with van der Waals surface area (Å²) in [5.74, 6) is 0. The van der Waals surface area contributed by atoms with E-state index in [-0.39, 0.29) is 11.6 Å². The van der Waals surface area contributed by atoms with E-state index in [1.165, 1.54) is 17.7 Å². The summed E-state index contributed by atoms with van der Waals surface area (Å²) >= 11 is 0. The van der Waals surface area contributed by atoms with Crippen molar-refractivity contribution in [2.45, 2.75) is 19.4 Å². The highest BCUT2D eigenvalue weighted by atomic mass is 19.3. The van der Waals surface area contributed by atoms with Crippen LogP contribution in [0.5, 0.6) is 0 Å². The number of hydrogen-bond acceptors (Lipinski definition) is 2. The van der Waals surface area contributed by atoms with E-state index < -0.39 is 6.43 Å². The number of nitrogens with zero attached hydrogens (tertiary/aromatic N) is 1. The molecule has 2 nitrogen and oxygen atoms in total. The molecule has 0 saturated carbocycles. The van der Waals surface area contributed by atoms with Crippen molar-refractivity contribution in [3.8, 4) is 0 Å². The molecule has 0 fully saturated rings. The van der Waals surface area contributed by atoms with Crippen LogP contribution in [0, 0.1) is 6.92 Å². The van der Waals surface area contributed by atoms with Crippen LogP contribution >= 0.6 is 0 Å². The molecule has 0 aliphatic heterocycles. The van der Waals surface area contributed by atoms with Gasteiger partial charge in [-0.3, -0.25) is 0 Å². The molecule has 0 saturated heterocycles. The number of likely N-dealkylation sites (N-methyl/N-ethyl adjacent to an activating group) is 1. The van der Waals surface area contributed by atoms with E-state index in [2.05, 4.69) is 11.0 Å². The van der Waals surface area contributed by atoms with Gasteiger partial charge in [-0.15, -0.1) is 0 Å². The van der Waals surface area contributed by atoms with Gasteiger partial charge in [-0.25, -0.2) is 8.78 Å². The summed E-state index contributed by atoms with van der Waals surface area (Å²) in [7, 11) is 1.97. The number of hydrogen-bond donors (Lipinski definition) is 1. The second-order valence-corrected chi connectivity index (χ2v) is 5.17. The Morgan fingerprint density at radius 1 is 1.05 bits per heavy atom. The summed E-state index contributed by atoms with van der Waals surface area (Å²) in [4.78, 5) is 2.07. The second-order valence-electron chi connectivity index (χ2n) is 5.17. The molecule has 2 N–H and O–H groups in total. The molecular formula is C17H20F2N2. The molecule has 0 aliphatic rings. The smallest absolute Gasteiger partial charge is 0.263 e. The lowest BCUT2D eigenvalue weighted by Gasteiger charge is -2.30. The molecule has 0 aliphatic carbocycles. The largest absolute Gasteiger partial charge is 0.366 e. The third kappa shape index (κ3) is 3.58. The SMILES string of the molecule is Cc1cccc(N(C)C(CN)c2ccc(C(F)F)cc2)c1. The summed E-state index contributed by atoms with van der Waals surface area (Å²) in [6, 6.07) is 14.5. The topological polar surface area (TPSA) is 29.3 Å². The van der Waals surface area contributed by atoms with Crippen LogP contribution in [-0.4, -0.2) is 13.6 Å². The quantitative estimate of drug-likeness (QED) is 0.899. The first-order valence-corrected chi connectivity index (χ1v) is 6.90. The molecule has 2 aromatic carbocycles. The number of nitrogens with two attached hydrogens (primary N) is 1. The standard InChI is InChI=1S/C17H20F2N2/c1-12-4-3-5-15(10-12)21(2)16(11-20)13-6-8-14(9-7-13)17(18)19/h3-10,16-17H,11,20H2,1-2H3. The van der Waals surface area contributed by atoms with Crippen molar-refractivity contribution in [1.29, 1.82) is 0 Å². The average molecular weight is 290 g/mol. The van der Waals surface area contributed by atoms with E-state index in [9.17, 15) is 8.78 Å². The van der Waals surface area contributed by atoms with Gasteiger partial charge in [0.15, 0.2) is 0 Å². The molecule has 0 aromatic heterocycles. The lowest BCUT2D eigenvalue weighted by atomic mass is 10.0. The first-order valence-electron chi connectivity index (χ1n) is 6.90. The summed E-state index contributed by atoms with van der Waals surface area (Å²) < 4.78 is 25.2. The Bertz CT molecular complexity index is 582. The Morgan fingerprint density at radius 3 is 2.19 bits per heavy atom. The zero-order valence-corrected chi connectivity index (χ0v) is 12.3. The molecule has 21 heavy (non-hydrogen) atoms. The summed E-state index contributed by atoms with van der Waals surface area (Å²) in [6.45, 7) is 2.45. The molecule has 1 unspecified atom stereocenters. The third-order valence-electron chi connectivity index (χ3n) is 3.67. The van der Waals surface area contributed by atoms with E-state index in [1.807, 2.05) is 32.2 Å². The third-order valence-corrected chi connectivity index (χ3v) is 3.67. The fraction of sp³-hybridized carbons (Fsp3) is 0.294. The van der Waals surface area contributed by atoms with Crippen molar-refractivity contribution in [2.75, 3.05) is 18.5 Å². The van der Waals surface area contributed by atoms with Gasteiger partial charge in [0.25, 0.3) is 6.43 Å². The number of benzene rings is 2. The first-order chi connectivity index (χ1) is 10.0. The Balaban J connectivity index is 2.26. The fourth-order valence-electron chi connectivity index (χ4n) is 2.41. The van der Waals surface area contributed by atoms with Crippen molar-refractivity contribution < 1.29 is 8.78 Å². The van der Waals surface area contributed by atoms with Crippen LogP contribution in [0.2, 0.25) is 0 Å². The van der Waals surface area contributed by atoms with Crippen LogP contribution in [0.1, 0.15) is 29.2 Å². The molecule has 0 heterocycles. The van der Waals surface area contributed by atoms with Crippen molar-refractivity contribution in [2.24, 2.45) is 5.73 Å². The highest BCUT2D eigenvalue weighted by Crippen LogP contribution is 2.27. The molecule has 2 aromatic rings. The van der Waals surface area contributed by atoms with Crippen LogP contribution in [0.25, 0.3) is 0 Å². The van der Waals surface area contributed by atoms with Gasteiger partial charge in [0.2, 0.25) is 0 Å². The van der Waals surface area contributed by atoms with E-state index in [0.29, 0.717) is 6.54 Å². The van der Waals surface area contributed by atoms with E-state index in [4.69, 9.17) is 5.73 Å². The maximum Gasteiger partial charge on any atom is 0.263 e. The minimum Gasteiger partial charge on any atom is -0.366 e. The molecule has 0 bridgehead atoms. The Hall–Kier alpha value is -1.94. The van der Waals surface area contributed by atoms with Gasteiger partial charge in [0, 0.05) is 24.8 Å². The van der Waals surface area contributed by atoms with Gasteiger partial charge in [-0.1, -0.05) is 36.4 Å². The molecule has 1 atom stereocenters. The minimum atomic E-state index is -2.44. The molecule has 2 rings (SSSR count). The second kappa shape index (κ2) is 6.68. The zero-order valence-electron chi connectivity index (χ0n) is 12.3. The highest BCUT2D eigenvalue weighted by molar-refractivity contribution is 5.50. The normalized spacial score (nSPS) is 12.5. The maximum absolute atomic E-state index is 12.6. The van der Waals surface area contributed by atoms with Gasteiger partial charge >= 0.3 is 0 Å². The van der Waals surface area contributed by atoms with Crippen LogP contribution in [0.4, 0.5) is 14.5 Å². The Morgan fingerprint density at radius 2 is 1.67 bits per heavy atom. The predicted octanol–water partition coefficient (Wildman–Crippen LogP) is 4.07. The highest BCUT2D eigenvalue weighted by Gasteiger charge is 2.17. The van der Waals surface area contributed by atoms with Gasteiger partial charge in [-0.2, -0.15) is 0 Å². The average Bonchev–Trinajstić information content (AvgIpc) is 2.48. The van der Waals surface area contributed by atoms with Crippen LogP contribution in [-0.2, 0) is 0 Å². The Kier molecular flexibility index (Phi) is 4.91. The van der Waals surface area contributed by atoms with E-state index in [1.54, 1.807) is 12.1 Å². The molecule has 0 radical (unpaired) electrons. The van der Waals surface area contributed by atoms with Crippen LogP contribution in [0.3, 0.4) is 0 Å². The molecule has 0 amide bonds. The predicted molar refractivity (Wildman–Crippen MR) is 82.8 cm³/mol. The number of halogens is 2. The monoisotopic (exact) mass is 290 g/mol. The number of anilines is 1. The Labute approximate surface area is 124 Å². The fourth-order valence-corrected chi connectivity index (χ4v) is 2.41. The minimum absolute atomic E-state index is 0.0349. The van der Waals surface area contributed by atoms with Crippen molar-refractivity contribution >= 4 is 5.69 Å². The van der Waals surface area contributed by atoms with Gasteiger partial charge in [0.05, 0.1) is 6.04 Å². The summed E-state index contributed by atoms with van der Waals surface area (Å²) in [5, 5.41) is 0. The molecular weight excluding hydrogens is 270 g/mol. The molecule has 0 spiro atoms. The maximum atomic E-state index is 12.6. The number of rotatable bonds is 5. The van der Waals surface area contributed by atoms with Crippen LogP contribution < -0.4 is 10.6 Å². The summed E-state index contributed by atoms with van der Waals surface area (Å²) in [5.41, 5.74) is 9.09. The lowest BCUT2D eigenvalue weighted by Crippen LogP contribution is -2.30. The van der Waals surface area contributed by atoms with Gasteiger partial charge in [0.1, 0.15) is 0 Å². The molecule has 4 heteroatoms. The number of aryl methyl sites for hydroxylation is 1. The summed E-state index contributed by atoms with van der Waals surface area (Å²) in [6.07, 6.45) is -2.44. The first kappa shape index (κ1) is 15.4. The number of alkyl halides is 2.